The zero-order valence-corrected chi connectivity index (χ0v) is 15.9. The molecule has 5 nitrogen and oxygen atoms in total. The van der Waals surface area contributed by atoms with Gasteiger partial charge in [0.2, 0.25) is 0 Å². The van der Waals surface area contributed by atoms with Crippen LogP contribution in [0.4, 0.5) is 4.79 Å². The third-order valence-corrected chi connectivity index (χ3v) is 4.67. The highest BCUT2D eigenvalue weighted by molar-refractivity contribution is 5.70. The molecule has 1 saturated heterocycles. The van der Waals surface area contributed by atoms with E-state index in [1.165, 1.54) is 16.7 Å². The molecule has 0 bridgehead atoms. The summed E-state index contributed by atoms with van der Waals surface area (Å²) >= 11 is 0. The molecule has 1 N–H and O–H groups in total. The van der Waals surface area contributed by atoms with E-state index in [0.717, 1.165) is 25.9 Å². The fourth-order valence-corrected chi connectivity index (χ4v) is 3.42. The van der Waals surface area contributed by atoms with Crippen LogP contribution in [0.1, 0.15) is 47.5 Å². The first-order chi connectivity index (χ1) is 11.3. The normalized spacial score (nSPS) is 27.1. The van der Waals surface area contributed by atoms with Gasteiger partial charge in [0, 0.05) is 26.7 Å². The molecule has 1 fully saturated rings. The molecule has 0 radical (unpaired) electrons. The summed E-state index contributed by atoms with van der Waals surface area (Å²) in [5.41, 5.74) is 3.32. The van der Waals surface area contributed by atoms with Gasteiger partial charge in [0.05, 0.1) is 12.1 Å². The first-order valence-electron chi connectivity index (χ1n) is 8.91. The summed E-state index contributed by atoms with van der Waals surface area (Å²) in [6.07, 6.45) is 3.90. The number of nitrogens with zero attached hydrogens (tertiary/aromatic N) is 1. The van der Waals surface area contributed by atoms with E-state index in [-0.39, 0.29) is 18.2 Å². The van der Waals surface area contributed by atoms with Gasteiger partial charge in [-0.05, 0) is 51.7 Å². The zero-order chi connectivity index (χ0) is 17.9. The molecule has 0 aromatic heterocycles. The Bertz CT molecular complexity index is 531. The van der Waals surface area contributed by atoms with Gasteiger partial charge in [-0.15, -0.1) is 0 Å². The Hall–Kier alpha value is -1.33. The van der Waals surface area contributed by atoms with Crippen molar-refractivity contribution in [2.45, 2.75) is 65.2 Å². The molecule has 5 heteroatoms. The maximum absolute atomic E-state index is 12.7. The van der Waals surface area contributed by atoms with Crippen LogP contribution in [0.3, 0.4) is 0 Å². The van der Waals surface area contributed by atoms with Gasteiger partial charge < -0.3 is 14.8 Å². The van der Waals surface area contributed by atoms with Crippen molar-refractivity contribution in [1.82, 2.24) is 10.2 Å². The van der Waals surface area contributed by atoms with Crippen molar-refractivity contribution in [3.8, 4) is 0 Å². The van der Waals surface area contributed by atoms with E-state index in [9.17, 15) is 4.79 Å². The summed E-state index contributed by atoms with van der Waals surface area (Å²) in [6.45, 7) is 12.2. The maximum atomic E-state index is 12.7. The van der Waals surface area contributed by atoms with E-state index in [1.807, 2.05) is 25.7 Å². The van der Waals surface area contributed by atoms with Gasteiger partial charge in [-0.3, -0.25) is 4.90 Å². The van der Waals surface area contributed by atoms with Crippen LogP contribution in [0.15, 0.2) is 22.8 Å². The van der Waals surface area contributed by atoms with Crippen LogP contribution >= 0.6 is 0 Å². The number of nitrogens with one attached hydrogen (secondary N) is 1. The van der Waals surface area contributed by atoms with Crippen LogP contribution in [-0.4, -0.2) is 55.5 Å². The lowest BCUT2D eigenvalue weighted by Gasteiger charge is -2.38. The van der Waals surface area contributed by atoms with E-state index in [0.29, 0.717) is 6.54 Å². The molecule has 0 aliphatic carbocycles. The van der Waals surface area contributed by atoms with Crippen LogP contribution in [0.5, 0.6) is 0 Å². The van der Waals surface area contributed by atoms with Crippen LogP contribution in [0.25, 0.3) is 0 Å². The molecule has 24 heavy (non-hydrogen) atoms. The summed E-state index contributed by atoms with van der Waals surface area (Å²) in [5, 5.41) is 3.45. The topological polar surface area (TPSA) is 50.8 Å². The lowest BCUT2D eigenvalue weighted by Crippen LogP contribution is -2.50. The zero-order valence-electron chi connectivity index (χ0n) is 15.9. The molecule has 0 saturated carbocycles. The summed E-state index contributed by atoms with van der Waals surface area (Å²) < 4.78 is 11.4. The standard InChI is InChI=1S/C19H32N2O3/c1-7-13(2)17-14-9-8-10-21(18(22)24-19(3,4)5)15(14)11-20-12-16(17)23-6/h9,15-16,20H,7-8,10-12H2,1-6H3. The van der Waals surface area contributed by atoms with Crippen LogP contribution in [-0.2, 0) is 9.47 Å². The van der Waals surface area contributed by atoms with Gasteiger partial charge in [0.25, 0.3) is 0 Å². The van der Waals surface area contributed by atoms with Crippen LogP contribution < -0.4 is 5.32 Å². The molecular weight excluding hydrogens is 304 g/mol. The SMILES string of the molecule is CCC(C)=C1C2=CCCN(C(=O)OC(C)(C)C)C2CNCC1OC. The molecule has 2 aliphatic heterocycles. The number of fused-ring (bicyclic) bond motifs is 1. The minimum absolute atomic E-state index is 0.00486. The highest BCUT2D eigenvalue weighted by Crippen LogP contribution is 2.33. The molecule has 2 atom stereocenters. The highest BCUT2D eigenvalue weighted by Gasteiger charge is 2.37. The molecule has 1 amide bonds. The van der Waals surface area contributed by atoms with Gasteiger partial charge in [-0.25, -0.2) is 4.79 Å². The lowest BCUT2D eigenvalue weighted by molar-refractivity contribution is 0.0186. The Morgan fingerprint density at radius 1 is 1.38 bits per heavy atom. The Labute approximate surface area is 146 Å². The molecule has 0 aromatic carbocycles. The Balaban J connectivity index is 2.36. The number of hydrogen-bond donors (Lipinski definition) is 1. The fourth-order valence-electron chi connectivity index (χ4n) is 3.42. The molecule has 2 heterocycles. The van der Waals surface area contributed by atoms with Gasteiger partial charge in [-0.2, -0.15) is 0 Å². The Morgan fingerprint density at radius 2 is 2.08 bits per heavy atom. The number of allylic oxidation sites excluding steroid dienone is 1. The second-order valence-corrected chi connectivity index (χ2v) is 7.57. The molecule has 136 valence electrons. The van der Waals surface area contributed by atoms with Crippen LogP contribution in [0.2, 0.25) is 0 Å². The van der Waals surface area contributed by atoms with E-state index in [4.69, 9.17) is 9.47 Å². The summed E-state index contributed by atoms with van der Waals surface area (Å²) in [4.78, 5) is 14.5. The van der Waals surface area contributed by atoms with Gasteiger partial charge >= 0.3 is 6.09 Å². The highest BCUT2D eigenvalue weighted by atomic mass is 16.6. The number of methoxy groups -OCH3 is 1. The summed E-state index contributed by atoms with van der Waals surface area (Å²) in [7, 11) is 1.75. The first-order valence-corrected chi connectivity index (χ1v) is 8.91. The lowest BCUT2D eigenvalue weighted by atomic mass is 9.87. The average molecular weight is 336 g/mol. The van der Waals surface area contributed by atoms with Crippen LogP contribution in [0, 0.1) is 0 Å². The van der Waals surface area contributed by atoms with E-state index >= 15 is 0 Å². The minimum atomic E-state index is -0.483. The number of ether oxygens (including phenoxy) is 2. The van der Waals surface area contributed by atoms with Crippen molar-refractivity contribution in [3.63, 3.8) is 0 Å². The molecule has 0 spiro atoms. The number of hydrogen-bond acceptors (Lipinski definition) is 4. The second-order valence-electron chi connectivity index (χ2n) is 7.57. The Morgan fingerprint density at radius 3 is 2.67 bits per heavy atom. The second kappa shape index (κ2) is 7.70. The third-order valence-electron chi connectivity index (χ3n) is 4.67. The monoisotopic (exact) mass is 336 g/mol. The maximum Gasteiger partial charge on any atom is 0.410 e. The predicted octanol–water partition coefficient (Wildman–Crippen LogP) is 3.27. The predicted molar refractivity (Wildman–Crippen MR) is 96.1 cm³/mol. The average Bonchev–Trinajstić information content (AvgIpc) is 2.71. The van der Waals surface area contributed by atoms with Gasteiger partial charge in [-0.1, -0.05) is 18.6 Å². The van der Waals surface area contributed by atoms with Gasteiger partial charge in [0.1, 0.15) is 5.60 Å². The number of rotatable bonds is 2. The van der Waals surface area contributed by atoms with Crippen molar-refractivity contribution in [2.24, 2.45) is 0 Å². The minimum Gasteiger partial charge on any atom is -0.444 e. The summed E-state index contributed by atoms with van der Waals surface area (Å²) in [5.74, 6) is 0. The number of carbonyl (C=O) groups is 1. The molecular formula is C19H32N2O3. The molecule has 2 rings (SSSR count). The van der Waals surface area contributed by atoms with Gasteiger partial charge in [0.15, 0.2) is 0 Å². The molecule has 0 aromatic rings. The quantitative estimate of drug-likeness (QED) is 0.841. The van der Waals surface area contributed by atoms with E-state index in [2.05, 4.69) is 25.2 Å². The smallest absolute Gasteiger partial charge is 0.410 e. The molecule has 2 aliphatic rings. The first kappa shape index (κ1) is 19.0. The van der Waals surface area contributed by atoms with Crippen molar-refractivity contribution in [1.29, 1.82) is 0 Å². The third kappa shape index (κ3) is 4.19. The fraction of sp³-hybridized carbons (Fsp3) is 0.737. The van der Waals surface area contributed by atoms with Crippen molar-refractivity contribution < 1.29 is 14.3 Å². The van der Waals surface area contributed by atoms with E-state index in [1.54, 1.807) is 7.11 Å². The van der Waals surface area contributed by atoms with E-state index < -0.39 is 5.60 Å². The Kier molecular flexibility index (Phi) is 6.10. The van der Waals surface area contributed by atoms with Crippen molar-refractivity contribution in [3.05, 3.63) is 22.8 Å². The van der Waals surface area contributed by atoms with Crippen molar-refractivity contribution >= 4 is 6.09 Å². The number of amides is 1. The molecule has 2 unspecified atom stereocenters. The number of carbonyl (C=O) groups excluding carboxylic acids is 1. The summed E-state index contributed by atoms with van der Waals surface area (Å²) in [6, 6.07) is 0.00486. The largest absolute Gasteiger partial charge is 0.444 e. The van der Waals surface area contributed by atoms with Crippen molar-refractivity contribution in [2.75, 3.05) is 26.7 Å².